The molecule has 0 radical (unpaired) electrons. The molecular formula is C18H17N5O5S. The fraction of sp³-hybridized carbons (Fsp3) is 0.222. The lowest BCUT2D eigenvalue weighted by Crippen LogP contribution is -2.24. The van der Waals surface area contributed by atoms with Crippen LogP contribution in [-0.4, -0.2) is 51.8 Å². The molecule has 0 aliphatic rings. The van der Waals surface area contributed by atoms with Crippen LogP contribution in [0, 0.1) is 6.92 Å². The summed E-state index contributed by atoms with van der Waals surface area (Å²) in [4.78, 5) is 36.8. The number of amides is 1. The van der Waals surface area contributed by atoms with E-state index in [1.54, 1.807) is 11.4 Å². The summed E-state index contributed by atoms with van der Waals surface area (Å²) in [6.45, 7) is 1.15. The lowest BCUT2D eigenvalue weighted by Gasteiger charge is -2.06. The Bertz CT molecular complexity index is 1030. The van der Waals surface area contributed by atoms with Crippen molar-refractivity contribution in [1.29, 1.82) is 0 Å². The Labute approximate surface area is 169 Å². The molecule has 1 amide bonds. The van der Waals surface area contributed by atoms with Crippen LogP contribution in [0.1, 0.15) is 15.2 Å². The van der Waals surface area contributed by atoms with Gasteiger partial charge in [0.2, 0.25) is 5.82 Å². The molecule has 0 fully saturated rings. The van der Waals surface area contributed by atoms with Crippen molar-refractivity contribution in [2.24, 2.45) is 0 Å². The average Bonchev–Trinajstić information content (AvgIpc) is 3.36. The van der Waals surface area contributed by atoms with Gasteiger partial charge in [-0.1, -0.05) is 29.8 Å². The Kier molecular flexibility index (Phi) is 6.29. The maximum absolute atomic E-state index is 12.0. The van der Waals surface area contributed by atoms with Crippen molar-refractivity contribution in [3.8, 4) is 11.4 Å². The molecular weight excluding hydrogens is 398 g/mol. The maximum atomic E-state index is 12.0. The number of aryl methyl sites for hydroxylation is 1. The Morgan fingerprint density at radius 3 is 2.66 bits per heavy atom. The molecule has 11 heteroatoms. The number of nitrogens with one attached hydrogen (secondary N) is 1. The van der Waals surface area contributed by atoms with Gasteiger partial charge in [0.25, 0.3) is 5.91 Å². The summed E-state index contributed by atoms with van der Waals surface area (Å²) in [6, 6.07) is 9.10. The molecule has 2 aromatic heterocycles. The average molecular weight is 415 g/mol. The van der Waals surface area contributed by atoms with Crippen LogP contribution >= 0.6 is 11.3 Å². The third-order valence-corrected chi connectivity index (χ3v) is 4.60. The summed E-state index contributed by atoms with van der Waals surface area (Å²) in [6.07, 6.45) is 0. The van der Waals surface area contributed by atoms with Crippen LogP contribution in [0.4, 0.5) is 5.69 Å². The minimum atomic E-state index is -0.702. The van der Waals surface area contributed by atoms with Crippen molar-refractivity contribution in [3.05, 3.63) is 46.2 Å². The molecule has 2 heterocycles. The summed E-state index contributed by atoms with van der Waals surface area (Å²) >= 11 is 1.13. The number of carbonyl (C=O) groups is 3. The molecule has 0 aliphatic heterocycles. The van der Waals surface area contributed by atoms with Crippen LogP contribution in [0.25, 0.3) is 11.4 Å². The predicted octanol–water partition coefficient (Wildman–Crippen LogP) is 1.68. The Morgan fingerprint density at radius 1 is 1.17 bits per heavy atom. The van der Waals surface area contributed by atoms with Crippen LogP contribution < -0.4 is 5.32 Å². The first kappa shape index (κ1) is 20.1. The number of carbonyl (C=O) groups excluding carboxylic acids is 3. The van der Waals surface area contributed by atoms with Gasteiger partial charge in [0.15, 0.2) is 13.2 Å². The first-order valence-corrected chi connectivity index (χ1v) is 9.30. The molecule has 10 nitrogen and oxygen atoms in total. The van der Waals surface area contributed by atoms with E-state index in [4.69, 9.17) is 4.74 Å². The van der Waals surface area contributed by atoms with Gasteiger partial charge >= 0.3 is 11.9 Å². The van der Waals surface area contributed by atoms with Gasteiger partial charge in [-0.05, 0) is 23.6 Å². The number of anilines is 1. The van der Waals surface area contributed by atoms with E-state index in [9.17, 15) is 14.4 Å². The number of rotatable bonds is 7. The molecule has 0 saturated heterocycles. The monoisotopic (exact) mass is 415 g/mol. The summed E-state index contributed by atoms with van der Waals surface area (Å²) in [7, 11) is 1.25. The van der Waals surface area contributed by atoms with Crippen molar-refractivity contribution in [2.75, 3.05) is 19.0 Å². The normalized spacial score (nSPS) is 10.4. The Hall–Kier alpha value is -3.60. The third kappa shape index (κ3) is 5.23. The second-order valence-electron chi connectivity index (χ2n) is 5.87. The number of methoxy groups -OCH3 is 1. The SMILES string of the molecule is COC(=O)c1sccc1NC(=O)COC(=O)Cn1nnc(-c2ccc(C)cc2)n1. The molecule has 1 aromatic carbocycles. The van der Waals surface area contributed by atoms with Gasteiger partial charge < -0.3 is 14.8 Å². The minimum absolute atomic E-state index is 0.252. The lowest BCUT2D eigenvalue weighted by atomic mass is 10.1. The maximum Gasteiger partial charge on any atom is 0.350 e. The van der Waals surface area contributed by atoms with Crippen LogP contribution in [0.5, 0.6) is 0 Å². The van der Waals surface area contributed by atoms with Gasteiger partial charge in [-0.15, -0.1) is 21.5 Å². The molecule has 150 valence electrons. The van der Waals surface area contributed by atoms with E-state index in [0.29, 0.717) is 11.5 Å². The molecule has 0 atom stereocenters. The molecule has 0 bridgehead atoms. The summed E-state index contributed by atoms with van der Waals surface area (Å²) in [5.41, 5.74) is 2.17. The Morgan fingerprint density at radius 2 is 1.93 bits per heavy atom. The highest BCUT2D eigenvalue weighted by atomic mass is 32.1. The number of aromatic nitrogens is 4. The first-order valence-electron chi connectivity index (χ1n) is 8.42. The molecule has 0 spiro atoms. The second kappa shape index (κ2) is 9.06. The van der Waals surface area contributed by atoms with Gasteiger partial charge in [0, 0.05) is 5.56 Å². The highest BCUT2D eigenvalue weighted by Crippen LogP contribution is 2.23. The van der Waals surface area contributed by atoms with Crippen molar-refractivity contribution in [2.45, 2.75) is 13.5 Å². The highest BCUT2D eigenvalue weighted by Gasteiger charge is 2.17. The summed E-state index contributed by atoms with van der Waals surface area (Å²) < 4.78 is 9.55. The number of thiophene rings is 1. The number of tetrazole rings is 1. The molecule has 29 heavy (non-hydrogen) atoms. The molecule has 3 aromatic rings. The van der Waals surface area contributed by atoms with Gasteiger partial charge in [0.1, 0.15) is 4.88 Å². The van der Waals surface area contributed by atoms with E-state index in [1.165, 1.54) is 7.11 Å². The quantitative estimate of drug-likeness (QED) is 0.578. The topological polar surface area (TPSA) is 125 Å². The zero-order chi connectivity index (χ0) is 20.8. The van der Waals surface area contributed by atoms with Crippen molar-refractivity contribution < 1.29 is 23.9 Å². The van der Waals surface area contributed by atoms with Gasteiger partial charge in [0.05, 0.1) is 12.8 Å². The fourth-order valence-electron chi connectivity index (χ4n) is 2.28. The molecule has 3 rings (SSSR count). The van der Waals surface area contributed by atoms with Crippen LogP contribution in [0.15, 0.2) is 35.7 Å². The Balaban J connectivity index is 1.50. The largest absolute Gasteiger partial charge is 0.465 e. The highest BCUT2D eigenvalue weighted by molar-refractivity contribution is 7.12. The number of ether oxygens (including phenoxy) is 2. The molecule has 0 saturated carbocycles. The first-order chi connectivity index (χ1) is 14.0. The minimum Gasteiger partial charge on any atom is -0.465 e. The molecule has 0 unspecified atom stereocenters. The third-order valence-electron chi connectivity index (χ3n) is 3.71. The van der Waals surface area contributed by atoms with E-state index in [0.717, 1.165) is 27.3 Å². The van der Waals surface area contributed by atoms with Crippen molar-refractivity contribution >= 4 is 34.9 Å². The van der Waals surface area contributed by atoms with Crippen molar-refractivity contribution in [3.63, 3.8) is 0 Å². The second-order valence-corrected chi connectivity index (χ2v) is 6.79. The summed E-state index contributed by atoms with van der Waals surface area (Å²) in [5.74, 6) is -1.47. The van der Waals surface area contributed by atoms with Gasteiger partial charge in [-0.25, -0.2) is 9.59 Å². The van der Waals surface area contributed by atoms with E-state index in [1.807, 2.05) is 31.2 Å². The zero-order valence-corrected chi connectivity index (χ0v) is 16.4. The van der Waals surface area contributed by atoms with E-state index in [2.05, 4.69) is 25.5 Å². The molecule has 0 aliphatic carbocycles. The number of esters is 2. The van der Waals surface area contributed by atoms with Crippen LogP contribution in [0.3, 0.4) is 0 Å². The number of benzene rings is 1. The zero-order valence-electron chi connectivity index (χ0n) is 15.6. The van der Waals surface area contributed by atoms with Crippen molar-refractivity contribution in [1.82, 2.24) is 20.2 Å². The van der Waals surface area contributed by atoms with Gasteiger partial charge in [-0.3, -0.25) is 4.79 Å². The smallest absolute Gasteiger partial charge is 0.350 e. The molecule has 1 N–H and O–H groups in total. The fourth-order valence-corrected chi connectivity index (χ4v) is 3.05. The predicted molar refractivity (Wildman–Crippen MR) is 103 cm³/mol. The van der Waals surface area contributed by atoms with Crippen LogP contribution in [0.2, 0.25) is 0 Å². The van der Waals surface area contributed by atoms with E-state index in [-0.39, 0.29) is 11.4 Å². The lowest BCUT2D eigenvalue weighted by molar-refractivity contribution is -0.148. The number of nitrogens with zero attached hydrogens (tertiary/aromatic N) is 4. The number of hydrogen-bond donors (Lipinski definition) is 1. The van der Waals surface area contributed by atoms with E-state index < -0.39 is 24.5 Å². The van der Waals surface area contributed by atoms with E-state index >= 15 is 0 Å². The number of hydrogen-bond acceptors (Lipinski definition) is 9. The standard InChI is InChI=1S/C18H17N5O5S/c1-11-3-5-12(6-4-11)17-20-22-23(21-17)9-15(25)28-10-14(24)19-13-7-8-29-16(13)18(26)27-2/h3-8H,9-10H2,1-2H3,(H,19,24). The van der Waals surface area contributed by atoms with Crippen LogP contribution in [-0.2, 0) is 25.6 Å². The van der Waals surface area contributed by atoms with Gasteiger partial charge in [-0.2, -0.15) is 4.80 Å². The summed E-state index contributed by atoms with van der Waals surface area (Å²) in [5, 5.41) is 16.0.